The highest BCUT2D eigenvalue weighted by molar-refractivity contribution is 7.90. The van der Waals surface area contributed by atoms with Crippen molar-refractivity contribution in [2.24, 2.45) is 0 Å². The van der Waals surface area contributed by atoms with Crippen LogP contribution in [0, 0.1) is 6.92 Å². The third-order valence-corrected chi connectivity index (χ3v) is 3.10. The first-order valence-corrected chi connectivity index (χ1v) is 5.68. The Balaban J connectivity index is 2.99. The van der Waals surface area contributed by atoms with E-state index in [-0.39, 0.29) is 4.90 Å². The molecule has 1 aromatic carbocycles. The topological polar surface area (TPSA) is 101 Å². The van der Waals surface area contributed by atoms with Gasteiger partial charge in [0.15, 0.2) is 0 Å². The van der Waals surface area contributed by atoms with Crippen LogP contribution in [0.1, 0.15) is 5.56 Å². The standard InChI is InChI=1S/C9H9NO5S/c1-6-2-4-7(5-3-6)16(14,15)10-8(11)9(12)13/h2-5H,1H3,(H,10,11)(H,12,13). The predicted octanol–water partition coefficient (Wildman–Crippen LogP) is -0.115. The van der Waals surface area contributed by atoms with Crippen LogP contribution >= 0.6 is 0 Å². The molecule has 2 N–H and O–H groups in total. The second-order valence-corrected chi connectivity index (χ2v) is 4.74. The normalized spacial score (nSPS) is 10.8. The molecule has 0 aliphatic carbocycles. The highest BCUT2D eigenvalue weighted by Crippen LogP contribution is 2.09. The smallest absolute Gasteiger partial charge is 0.395 e. The van der Waals surface area contributed by atoms with Gasteiger partial charge in [-0.2, -0.15) is 0 Å². The fourth-order valence-electron chi connectivity index (χ4n) is 0.942. The molecule has 0 aromatic heterocycles. The van der Waals surface area contributed by atoms with Crippen LogP contribution in [0.5, 0.6) is 0 Å². The summed E-state index contributed by atoms with van der Waals surface area (Å²) in [5.74, 6) is -3.43. The zero-order valence-electron chi connectivity index (χ0n) is 8.30. The van der Waals surface area contributed by atoms with E-state index in [0.29, 0.717) is 0 Å². The van der Waals surface area contributed by atoms with Crippen molar-refractivity contribution in [1.29, 1.82) is 0 Å². The molecule has 0 aliphatic heterocycles. The second kappa shape index (κ2) is 4.31. The number of sulfonamides is 1. The van der Waals surface area contributed by atoms with Gasteiger partial charge >= 0.3 is 11.9 Å². The lowest BCUT2D eigenvalue weighted by atomic mass is 10.2. The molecule has 0 atom stereocenters. The monoisotopic (exact) mass is 243 g/mol. The summed E-state index contributed by atoms with van der Waals surface area (Å²) in [4.78, 5) is 20.7. The Hall–Kier alpha value is -1.89. The third kappa shape index (κ3) is 2.80. The van der Waals surface area contributed by atoms with Crippen LogP contribution < -0.4 is 4.72 Å². The molecule has 7 heteroatoms. The van der Waals surface area contributed by atoms with Gasteiger partial charge < -0.3 is 5.11 Å². The maximum atomic E-state index is 11.5. The molecule has 1 aromatic rings. The fraction of sp³-hybridized carbons (Fsp3) is 0.111. The molecule has 0 unspecified atom stereocenters. The van der Waals surface area contributed by atoms with Crippen molar-refractivity contribution in [3.8, 4) is 0 Å². The number of rotatable bonds is 2. The van der Waals surface area contributed by atoms with Crippen LogP contribution in [0.4, 0.5) is 0 Å². The van der Waals surface area contributed by atoms with E-state index in [2.05, 4.69) is 0 Å². The van der Waals surface area contributed by atoms with Gasteiger partial charge in [0, 0.05) is 0 Å². The Morgan fingerprint density at radius 1 is 1.19 bits per heavy atom. The molecular weight excluding hydrogens is 234 g/mol. The van der Waals surface area contributed by atoms with E-state index in [0.717, 1.165) is 5.56 Å². The minimum atomic E-state index is -4.10. The molecule has 0 spiro atoms. The van der Waals surface area contributed by atoms with Crippen molar-refractivity contribution >= 4 is 21.9 Å². The first kappa shape index (κ1) is 12.2. The Labute approximate surface area is 92.0 Å². The summed E-state index contributed by atoms with van der Waals surface area (Å²) >= 11 is 0. The van der Waals surface area contributed by atoms with E-state index in [1.165, 1.54) is 16.9 Å². The summed E-state index contributed by atoms with van der Waals surface area (Å²) < 4.78 is 24.4. The van der Waals surface area contributed by atoms with E-state index in [1.807, 2.05) is 0 Å². The van der Waals surface area contributed by atoms with E-state index < -0.39 is 21.9 Å². The molecule has 0 radical (unpaired) electrons. The molecule has 16 heavy (non-hydrogen) atoms. The lowest BCUT2D eigenvalue weighted by Crippen LogP contribution is -2.35. The molecule has 0 aliphatic rings. The van der Waals surface area contributed by atoms with Gasteiger partial charge in [-0.25, -0.2) is 17.9 Å². The van der Waals surface area contributed by atoms with E-state index in [1.54, 1.807) is 19.1 Å². The Bertz CT molecular complexity index is 517. The van der Waals surface area contributed by atoms with Crippen LogP contribution in [0.25, 0.3) is 0 Å². The molecule has 1 rings (SSSR count). The van der Waals surface area contributed by atoms with Crippen molar-refractivity contribution < 1.29 is 23.1 Å². The summed E-state index contributed by atoms with van der Waals surface area (Å²) in [6, 6.07) is 5.65. The van der Waals surface area contributed by atoms with Gasteiger partial charge in [0.25, 0.3) is 10.0 Å². The van der Waals surface area contributed by atoms with Crippen LogP contribution in [-0.2, 0) is 19.6 Å². The zero-order chi connectivity index (χ0) is 12.3. The Morgan fingerprint density at radius 2 is 1.69 bits per heavy atom. The number of hydrogen-bond donors (Lipinski definition) is 2. The SMILES string of the molecule is Cc1ccc(S(=O)(=O)NC(=O)C(=O)O)cc1. The maximum absolute atomic E-state index is 11.5. The summed E-state index contributed by atoms with van der Waals surface area (Å²) in [5, 5.41) is 8.26. The highest BCUT2D eigenvalue weighted by Gasteiger charge is 2.21. The minimum Gasteiger partial charge on any atom is -0.474 e. The van der Waals surface area contributed by atoms with Crippen molar-refractivity contribution in [3.63, 3.8) is 0 Å². The van der Waals surface area contributed by atoms with Gasteiger partial charge in [0.05, 0.1) is 4.90 Å². The number of nitrogens with one attached hydrogen (secondary N) is 1. The molecule has 1 amide bonds. The lowest BCUT2D eigenvalue weighted by Gasteiger charge is -2.04. The Kier molecular flexibility index (Phi) is 3.28. The van der Waals surface area contributed by atoms with Gasteiger partial charge in [0.1, 0.15) is 0 Å². The molecule has 0 bridgehead atoms. The van der Waals surface area contributed by atoms with Gasteiger partial charge in [-0.15, -0.1) is 0 Å². The largest absolute Gasteiger partial charge is 0.474 e. The average molecular weight is 243 g/mol. The highest BCUT2D eigenvalue weighted by atomic mass is 32.2. The number of carboxylic acid groups (broad SMARTS) is 1. The number of amides is 1. The molecule has 0 heterocycles. The van der Waals surface area contributed by atoms with Crippen LogP contribution in [0.2, 0.25) is 0 Å². The number of carbonyl (C=O) groups is 2. The van der Waals surface area contributed by atoms with Gasteiger partial charge in [-0.05, 0) is 19.1 Å². The summed E-state index contributed by atoms with van der Waals surface area (Å²) in [6.45, 7) is 1.77. The van der Waals surface area contributed by atoms with Gasteiger partial charge in [-0.3, -0.25) is 4.79 Å². The van der Waals surface area contributed by atoms with Crippen LogP contribution in [0.15, 0.2) is 29.2 Å². The van der Waals surface area contributed by atoms with Crippen LogP contribution in [-0.4, -0.2) is 25.4 Å². The van der Waals surface area contributed by atoms with E-state index >= 15 is 0 Å². The first-order chi connectivity index (χ1) is 7.33. The number of benzene rings is 1. The maximum Gasteiger partial charge on any atom is 0.395 e. The third-order valence-electron chi connectivity index (χ3n) is 1.75. The minimum absolute atomic E-state index is 0.160. The van der Waals surface area contributed by atoms with E-state index in [9.17, 15) is 18.0 Å². The van der Waals surface area contributed by atoms with E-state index in [4.69, 9.17) is 5.11 Å². The van der Waals surface area contributed by atoms with Crippen molar-refractivity contribution in [3.05, 3.63) is 29.8 Å². The zero-order valence-corrected chi connectivity index (χ0v) is 9.11. The summed E-state index contributed by atoms with van der Waals surface area (Å²) in [5.41, 5.74) is 0.850. The van der Waals surface area contributed by atoms with Crippen LogP contribution in [0.3, 0.4) is 0 Å². The van der Waals surface area contributed by atoms with Gasteiger partial charge in [-0.1, -0.05) is 17.7 Å². The molecular formula is C9H9NO5S. The molecule has 0 fully saturated rings. The molecule has 0 saturated carbocycles. The number of hydrogen-bond acceptors (Lipinski definition) is 4. The van der Waals surface area contributed by atoms with Crippen molar-refractivity contribution in [2.75, 3.05) is 0 Å². The molecule has 86 valence electrons. The molecule has 0 saturated heterocycles. The Morgan fingerprint density at radius 3 is 2.12 bits per heavy atom. The predicted molar refractivity (Wildman–Crippen MR) is 54.1 cm³/mol. The summed E-state index contributed by atoms with van der Waals surface area (Å²) in [6.07, 6.45) is 0. The quantitative estimate of drug-likeness (QED) is 0.705. The average Bonchev–Trinajstić information content (AvgIpc) is 2.17. The number of aryl methyl sites for hydroxylation is 1. The first-order valence-electron chi connectivity index (χ1n) is 4.19. The number of aliphatic carboxylic acids is 1. The second-order valence-electron chi connectivity index (χ2n) is 3.05. The summed E-state index contributed by atoms with van der Waals surface area (Å²) in [7, 11) is -4.10. The van der Waals surface area contributed by atoms with Crippen molar-refractivity contribution in [2.45, 2.75) is 11.8 Å². The number of carboxylic acids is 1. The van der Waals surface area contributed by atoms with Gasteiger partial charge in [0.2, 0.25) is 0 Å². The molecule has 6 nitrogen and oxygen atoms in total. The fourth-order valence-corrected chi connectivity index (χ4v) is 1.89. The number of carbonyl (C=O) groups excluding carboxylic acids is 1. The van der Waals surface area contributed by atoms with Crippen molar-refractivity contribution in [1.82, 2.24) is 4.72 Å². The lowest BCUT2D eigenvalue weighted by molar-refractivity contribution is -0.149.